The van der Waals surface area contributed by atoms with Crippen LogP contribution in [0.3, 0.4) is 0 Å². The van der Waals surface area contributed by atoms with E-state index in [0.29, 0.717) is 0 Å². The third kappa shape index (κ3) is 3.13. The van der Waals surface area contributed by atoms with E-state index < -0.39 is 0 Å². The third-order valence-corrected chi connectivity index (χ3v) is 5.30. The molecule has 1 amide bonds. The Morgan fingerprint density at radius 3 is 2.58 bits per heavy atom. The molecule has 2 saturated heterocycles. The molecule has 26 heavy (non-hydrogen) atoms. The number of aromatic nitrogens is 4. The van der Waals surface area contributed by atoms with Gasteiger partial charge in [-0.2, -0.15) is 5.10 Å². The smallest absolute Gasteiger partial charge is 0.225 e. The summed E-state index contributed by atoms with van der Waals surface area (Å²) in [6.07, 6.45) is 5.33. The molecule has 0 radical (unpaired) electrons. The molecule has 2 aromatic rings. The number of ether oxygens (including phenoxy) is 1. The molecule has 0 unspecified atom stereocenters. The van der Waals surface area contributed by atoms with Crippen LogP contribution >= 0.6 is 0 Å². The third-order valence-electron chi connectivity index (χ3n) is 5.30. The zero-order chi connectivity index (χ0) is 18.1. The molecule has 2 aliphatic heterocycles. The second-order valence-electron chi connectivity index (χ2n) is 7.33. The van der Waals surface area contributed by atoms with Gasteiger partial charge in [0.15, 0.2) is 5.65 Å². The molecule has 8 heteroatoms. The van der Waals surface area contributed by atoms with Gasteiger partial charge in [-0.15, -0.1) is 0 Å². The van der Waals surface area contributed by atoms with Crippen LogP contribution in [-0.2, 0) is 9.53 Å². The molecule has 0 saturated carbocycles. The maximum Gasteiger partial charge on any atom is 0.225 e. The van der Waals surface area contributed by atoms with Gasteiger partial charge >= 0.3 is 0 Å². The van der Waals surface area contributed by atoms with Crippen LogP contribution in [0, 0.1) is 5.92 Å². The molecule has 0 aliphatic carbocycles. The zero-order valence-corrected chi connectivity index (χ0v) is 15.5. The topological polar surface area (TPSA) is 76.4 Å². The van der Waals surface area contributed by atoms with Gasteiger partial charge in [-0.1, -0.05) is 13.8 Å². The van der Waals surface area contributed by atoms with Gasteiger partial charge < -0.3 is 14.5 Å². The van der Waals surface area contributed by atoms with Gasteiger partial charge in [-0.25, -0.2) is 14.6 Å². The van der Waals surface area contributed by atoms with Crippen LogP contribution in [0.25, 0.3) is 11.0 Å². The number of hydrogen-bond acceptors (Lipinski definition) is 6. The van der Waals surface area contributed by atoms with Crippen molar-refractivity contribution in [2.45, 2.75) is 32.7 Å². The standard InChI is InChI=1S/C18H26N6O2/c1-13(2)18(25)23-5-3-14(4-6-23)24-17-15(11-21-24)16(19-12-20-17)22-7-9-26-10-8-22/h11-14H,3-10H2,1-2H3. The highest BCUT2D eigenvalue weighted by Gasteiger charge is 2.27. The highest BCUT2D eigenvalue weighted by Crippen LogP contribution is 2.29. The fraction of sp³-hybridized carbons (Fsp3) is 0.667. The highest BCUT2D eigenvalue weighted by atomic mass is 16.5. The maximum atomic E-state index is 12.2. The van der Waals surface area contributed by atoms with Gasteiger partial charge in [0.25, 0.3) is 0 Å². The quantitative estimate of drug-likeness (QED) is 0.827. The van der Waals surface area contributed by atoms with E-state index in [9.17, 15) is 4.79 Å². The van der Waals surface area contributed by atoms with Crippen LogP contribution in [0.1, 0.15) is 32.7 Å². The minimum Gasteiger partial charge on any atom is -0.378 e. The Labute approximate surface area is 153 Å². The van der Waals surface area contributed by atoms with Crippen LogP contribution in [-0.4, -0.2) is 69.9 Å². The molecule has 0 bridgehead atoms. The fourth-order valence-corrected chi connectivity index (χ4v) is 3.84. The zero-order valence-electron chi connectivity index (χ0n) is 15.5. The summed E-state index contributed by atoms with van der Waals surface area (Å²) in [5.41, 5.74) is 0.884. The summed E-state index contributed by atoms with van der Waals surface area (Å²) in [7, 11) is 0. The van der Waals surface area contributed by atoms with Gasteiger partial charge in [0.2, 0.25) is 5.91 Å². The number of nitrogens with zero attached hydrogens (tertiary/aromatic N) is 6. The number of amides is 1. The number of hydrogen-bond donors (Lipinski definition) is 0. The van der Waals surface area contributed by atoms with Crippen LogP contribution in [0.2, 0.25) is 0 Å². The van der Waals surface area contributed by atoms with Crippen molar-refractivity contribution in [1.29, 1.82) is 0 Å². The minimum atomic E-state index is 0.0564. The minimum absolute atomic E-state index is 0.0564. The van der Waals surface area contributed by atoms with Crippen LogP contribution < -0.4 is 4.90 Å². The van der Waals surface area contributed by atoms with E-state index in [1.54, 1.807) is 6.33 Å². The van der Waals surface area contributed by atoms with E-state index in [0.717, 1.165) is 69.1 Å². The second kappa shape index (κ2) is 7.19. The Kier molecular flexibility index (Phi) is 4.76. The molecular weight excluding hydrogens is 332 g/mol. The molecule has 140 valence electrons. The lowest BCUT2D eigenvalue weighted by molar-refractivity contribution is -0.135. The molecule has 0 atom stereocenters. The Morgan fingerprint density at radius 2 is 1.88 bits per heavy atom. The summed E-state index contributed by atoms with van der Waals surface area (Å²) in [5.74, 6) is 1.24. The summed E-state index contributed by atoms with van der Waals surface area (Å²) >= 11 is 0. The number of morpholine rings is 1. The lowest BCUT2D eigenvalue weighted by atomic mass is 10.0. The first-order valence-electron chi connectivity index (χ1n) is 9.45. The largest absolute Gasteiger partial charge is 0.378 e. The number of rotatable bonds is 3. The lowest BCUT2D eigenvalue weighted by Crippen LogP contribution is -2.41. The summed E-state index contributed by atoms with van der Waals surface area (Å²) in [4.78, 5) is 25.4. The monoisotopic (exact) mass is 358 g/mol. The normalized spacial score (nSPS) is 19.5. The molecule has 0 N–H and O–H groups in total. The Hall–Kier alpha value is -2.22. The first kappa shape index (κ1) is 17.2. The molecule has 0 spiro atoms. The first-order valence-corrected chi connectivity index (χ1v) is 9.45. The van der Waals surface area contributed by atoms with Crippen LogP contribution in [0.15, 0.2) is 12.5 Å². The molecule has 4 rings (SSSR count). The number of anilines is 1. The second-order valence-corrected chi connectivity index (χ2v) is 7.33. The number of likely N-dealkylation sites (tertiary alicyclic amines) is 1. The van der Waals surface area contributed by atoms with E-state index in [4.69, 9.17) is 4.74 Å². The van der Waals surface area contributed by atoms with Crippen molar-refractivity contribution < 1.29 is 9.53 Å². The highest BCUT2D eigenvalue weighted by molar-refractivity contribution is 5.86. The fourth-order valence-electron chi connectivity index (χ4n) is 3.84. The summed E-state index contributed by atoms with van der Waals surface area (Å²) in [6, 6.07) is 0.274. The van der Waals surface area contributed by atoms with Crippen LogP contribution in [0.4, 0.5) is 5.82 Å². The molecule has 2 aliphatic rings. The average Bonchev–Trinajstić information content (AvgIpc) is 3.12. The van der Waals surface area contributed by atoms with Gasteiger partial charge in [0.05, 0.1) is 30.8 Å². The SMILES string of the molecule is CC(C)C(=O)N1CCC(n2ncc3c(N4CCOCC4)ncnc32)CC1. The van der Waals surface area contributed by atoms with Crippen molar-refractivity contribution >= 4 is 22.8 Å². The van der Waals surface area contributed by atoms with Crippen molar-refractivity contribution in [3.8, 4) is 0 Å². The Bertz CT molecular complexity index is 775. The Morgan fingerprint density at radius 1 is 1.15 bits per heavy atom. The number of fused-ring (bicyclic) bond motifs is 1. The number of carbonyl (C=O) groups excluding carboxylic acids is 1. The maximum absolute atomic E-state index is 12.2. The van der Waals surface area contributed by atoms with Crippen molar-refractivity contribution in [1.82, 2.24) is 24.6 Å². The average molecular weight is 358 g/mol. The van der Waals surface area contributed by atoms with E-state index in [2.05, 4.69) is 20.0 Å². The molecule has 8 nitrogen and oxygen atoms in total. The van der Waals surface area contributed by atoms with Gasteiger partial charge in [-0.05, 0) is 12.8 Å². The lowest BCUT2D eigenvalue weighted by Gasteiger charge is -2.33. The van der Waals surface area contributed by atoms with Crippen molar-refractivity contribution in [3.05, 3.63) is 12.5 Å². The summed E-state index contributed by atoms with van der Waals surface area (Å²) < 4.78 is 7.47. The summed E-state index contributed by atoms with van der Waals surface area (Å²) in [5, 5.41) is 5.63. The first-order chi connectivity index (χ1) is 12.6. The molecule has 4 heterocycles. The molecular formula is C18H26N6O2. The van der Waals surface area contributed by atoms with E-state index in [1.165, 1.54) is 0 Å². The predicted molar refractivity (Wildman–Crippen MR) is 98.0 cm³/mol. The summed E-state index contributed by atoms with van der Waals surface area (Å²) in [6.45, 7) is 8.61. The van der Waals surface area contributed by atoms with Crippen molar-refractivity contribution in [2.75, 3.05) is 44.3 Å². The predicted octanol–water partition coefficient (Wildman–Crippen LogP) is 1.48. The molecule has 0 aromatic carbocycles. The van der Waals surface area contributed by atoms with E-state index in [1.807, 2.05) is 29.6 Å². The Balaban J connectivity index is 1.54. The van der Waals surface area contributed by atoms with E-state index in [-0.39, 0.29) is 17.9 Å². The molecule has 2 fully saturated rings. The van der Waals surface area contributed by atoms with Crippen LogP contribution in [0.5, 0.6) is 0 Å². The van der Waals surface area contributed by atoms with E-state index >= 15 is 0 Å². The van der Waals surface area contributed by atoms with Gasteiger partial charge in [0.1, 0.15) is 12.1 Å². The number of piperidine rings is 1. The van der Waals surface area contributed by atoms with Crippen molar-refractivity contribution in [2.24, 2.45) is 5.92 Å². The molecule has 2 aromatic heterocycles. The van der Waals surface area contributed by atoms with Crippen molar-refractivity contribution in [3.63, 3.8) is 0 Å². The number of carbonyl (C=O) groups is 1. The van der Waals surface area contributed by atoms with Gasteiger partial charge in [0, 0.05) is 32.1 Å². The van der Waals surface area contributed by atoms with Gasteiger partial charge in [-0.3, -0.25) is 4.79 Å².